The largest absolute Gasteiger partial charge is 0.223 e. The summed E-state index contributed by atoms with van der Waals surface area (Å²) in [6, 6.07) is 4.69. The van der Waals surface area contributed by atoms with Crippen molar-refractivity contribution in [2.24, 2.45) is 0 Å². The van der Waals surface area contributed by atoms with Crippen molar-refractivity contribution in [1.29, 1.82) is 0 Å². The Hall–Kier alpha value is -1.22. The molecule has 0 amide bonds. The van der Waals surface area contributed by atoms with Crippen molar-refractivity contribution in [3.05, 3.63) is 35.0 Å². The predicted molar refractivity (Wildman–Crippen MR) is 49.2 cm³/mol. The summed E-state index contributed by atoms with van der Waals surface area (Å²) in [5, 5.41) is 0.586. The lowest BCUT2D eigenvalue weighted by Crippen LogP contribution is -1.92. The van der Waals surface area contributed by atoms with Gasteiger partial charge in [-0.05, 0) is 30.7 Å². The van der Waals surface area contributed by atoms with Crippen LogP contribution in [0.2, 0.25) is 5.28 Å². The number of nitrogens with zero attached hydrogens (tertiary/aromatic N) is 2. The number of aromatic nitrogens is 2. The van der Waals surface area contributed by atoms with E-state index in [0.717, 1.165) is 0 Å². The number of halogens is 2. The summed E-state index contributed by atoms with van der Waals surface area (Å²) in [5.41, 5.74) is 1.10. The monoisotopic (exact) mass is 196 g/mol. The second-order valence-electron chi connectivity index (χ2n) is 2.71. The molecule has 0 bridgehead atoms. The van der Waals surface area contributed by atoms with Gasteiger partial charge in [0.15, 0.2) is 0 Å². The maximum atomic E-state index is 13.3. The van der Waals surface area contributed by atoms with Crippen molar-refractivity contribution in [2.45, 2.75) is 6.92 Å². The molecule has 0 radical (unpaired) electrons. The highest BCUT2D eigenvalue weighted by Crippen LogP contribution is 2.19. The Labute approximate surface area is 79.4 Å². The van der Waals surface area contributed by atoms with Gasteiger partial charge in [0.1, 0.15) is 5.82 Å². The van der Waals surface area contributed by atoms with E-state index in [-0.39, 0.29) is 11.1 Å². The molecule has 4 heteroatoms. The molecule has 1 aromatic carbocycles. The van der Waals surface area contributed by atoms with Crippen LogP contribution in [0.15, 0.2) is 18.2 Å². The van der Waals surface area contributed by atoms with Gasteiger partial charge in [-0.1, -0.05) is 6.07 Å². The molecule has 0 aliphatic carbocycles. The molecule has 0 saturated carbocycles. The van der Waals surface area contributed by atoms with E-state index in [1.165, 1.54) is 6.07 Å². The van der Waals surface area contributed by atoms with Crippen LogP contribution in [-0.4, -0.2) is 9.97 Å². The molecule has 2 nitrogen and oxygen atoms in total. The average Bonchev–Trinajstić information content (AvgIpc) is 2.02. The number of hydrogen-bond acceptors (Lipinski definition) is 2. The number of benzene rings is 1. The molecule has 0 unspecified atom stereocenters. The second kappa shape index (κ2) is 2.92. The zero-order valence-electron chi connectivity index (χ0n) is 6.88. The van der Waals surface area contributed by atoms with Gasteiger partial charge in [-0.15, -0.1) is 0 Å². The van der Waals surface area contributed by atoms with E-state index >= 15 is 0 Å². The maximum absolute atomic E-state index is 13.3. The van der Waals surface area contributed by atoms with Crippen LogP contribution in [0, 0.1) is 12.7 Å². The smallest absolute Gasteiger partial charge is 0.223 e. The molecule has 0 N–H and O–H groups in total. The van der Waals surface area contributed by atoms with Gasteiger partial charge >= 0.3 is 0 Å². The average molecular weight is 197 g/mol. The molecule has 1 heterocycles. The molecule has 13 heavy (non-hydrogen) atoms. The molecule has 2 aromatic rings. The Bertz CT molecular complexity index is 470. The summed E-state index contributed by atoms with van der Waals surface area (Å²) in [5.74, 6) is -0.313. The zero-order valence-corrected chi connectivity index (χ0v) is 7.64. The molecular formula is C9H6ClFN2. The van der Waals surface area contributed by atoms with E-state index in [4.69, 9.17) is 11.6 Å². The van der Waals surface area contributed by atoms with Crippen LogP contribution >= 0.6 is 11.6 Å². The Morgan fingerprint density at radius 1 is 1.31 bits per heavy atom. The van der Waals surface area contributed by atoms with Gasteiger partial charge in [-0.2, -0.15) is 0 Å². The highest BCUT2D eigenvalue weighted by Gasteiger charge is 2.06. The molecule has 0 aliphatic heterocycles. The molecule has 0 aliphatic rings. The van der Waals surface area contributed by atoms with Gasteiger partial charge in [0.25, 0.3) is 0 Å². The van der Waals surface area contributed by atoms with Gasteiger partial charge in [-0.3, -0.25) is 0 Å². The van der Waals surface area contributed by atoms with E-state index in [1.54, 1.807) is 19.1 Å². The fourth-order valence-corrected chi connectivity index (χ4v) is 1.50. The van der Waals surface area contributed by atoms with Crippen molar-refractivity contribution in [1.82, 2.24) is 9.97 Å². The molecule has 2 rings (SSSR count). The molecular weight excluding hydrogens is 191 g/mol. The topological polar surface area (TPSA) is 25.8 Å². The van der Waals surface area contributed by atoms with E-state index < -0.39 is 0 Å². The summed E-state index contributed by atoms with van der Waals surface area (Å²) in [6.07, 6.45) is 0. The van der Waals surface area contributed by atoms with E-state index in [1.807, 2.05) is 0 Å². The number of fused-ring (bicyclic) bond motifs is 1. The molecule has 1 aromatic heterocycles. The SMILES string of the molecule is Cc1nc(Cl)nc2cccc(F)c12. The van der Waals surface area contributed by atoms with Crippen molar-refractivity contribution in [3.8, 4) is 0 Å². The first-order chi connectivity index (χ1) is 6.18. The molecule has 66 valence electrons. The highest BCUT2D eigenvalue weighted by atomic mass is 35.5. The van der Waals surface area contributed by atoms with Gasteiger partial charge in [0, 0.05) is 0 Å². The lowest BCUT2D eigenvalue weighted by atomic mass is 10.2. The van der Waals surface area contributed by atoms with Crippen LogP contribution in [0.4, 0.5) is 4.39 Å². The molecule has 0 spiro atoms. The van der Waals surface area contributed by atoms with Gasteiger partial charge < -0.3 is 0 Å². The molecule has 0 saturated heterocycles. The van der Waals surface area contributed by atoms with E-state index in [2.05, 4.69) is 9.97 Å². The molecule has 0 atom stereocenters. The van der Waals surface area contributed by atoms with E-state index in [9.17, 15) is 4.39 Å². The van der Waals surface area contributed by atoms with Crippen LogP contribution in [0.5, 0.6) is 0 Å². The van der Waals surface area contributed by atoms with Gasteiger partial charge in [-0.25, -0.2) is 14.4 Å². The minimum absolute atomic E-state index is 0.149. The third-order valence-electron chi connectivity index (χ3n) is 1.83. The summed E-state index contributed by atoms with van der Waals surface area (Å²) in [4.78, 5) is 7.79. The first kappa shape index (κ1) is 8.38. The van der Waals surface area contributed by atoms with Gasteiger partial charge in [0.05, 0.1) is 16.6 Å². The van der Waals surface area contributed by atoms with Gasteiger partial charge in [0.2, 0.25) is 5.28 Å². The molecule has 0 fully saturated rings. The van der Waals surface area contributed by atoms with E-state index in [0.29, 0.717) is 16.6 Å². The summed E-state index contributed by atoms with van der Waals surface area (Å²) in [7, 11) is 0. The lowest BCUT2D eigenvalue weighted by molar-refractivity contribution is 0.638. The fraction of sp³-hybridized carbons (Fsp3) is 0.111. The van der Waals surface area contributed by atoms with Crippen LogP contribution in [0.25, 0.3) is 10.9 Å². The quantitative estimate of drug-likeness (QED) is 0.606. The minimum atomic E-state index is -0.313. The van der Waals surface area contributed by atoms with Crippen molar-refractivity contribution < 1.29 is 4.39 Å². The Morgan fingerprint density at radius 3 is 2.85 bits per heavy atom. The van der Waals surface area contributed by atoms with Crippen molar-refractivity contribution in [2.75, 3.05) is 0 Å². The lowest BCUT2D eigenvalue weighted by Gasteiger charge is -2.01. The Balaban J connectivity index is 2.94. The first-order valence-electron chi connectivity index (χ1n) is 3.77. The standard InChI is InChI=1S/C9H6ClFN2/c1-5-8-6(11)3-2-4-7(8)13-9(10)12-5/h2-4H,1H3. The van der Waals surface area contributed by atoms with Crippen LogP contribution in [0.3, 0.4) is 0 Å². The van der Waals surface area contributed by atoms with Crippen LogP contribution in [0.1, 0.15) is 5.69 Å². The minimum Gasteiger partial charge on any atom is -0.223 e. The zero-order chi connectivity index (χ0) is 9.42. The van der Waals surface area contributed by atoms with Crippen LogP contribution < -0.4 is 0 Å². The van der Waals surface area contributed by atoms with Crippen LogP contribution in [-0.2, 0) is 0 Å². The number of hydrogen-bond donors (Lipinski definition) is 0. The fourth-order valence-electron chi connectivity index (χ4n) is 1.28. The Kier molecular flexibility index (Phi) is 1.88. The highest BCUT2D eigenvalue weighted by molar-refractivity contribution is 6.28. The first-order valence-corrected chi connectivity index (χ1v) is 4.14. The van der Waals surface area contributed by atoms with Crippen molar-refractivity contribution in [3.63, 3.8) is 0 Å². The summed E-state index contributed by atoms with van der Waals surface area (Å²) in [6.45, 7) is 1.71. The number of aryl methyl sites for hydroxylation is 1. The second-order valence-corrected chi connectivity index (χ2v) is 3.05. The summed E-state index contributed by atoms with van der Waals surface area (Å²) < 4.78 is 13.3. The predicted octanol–water partition coefficient (Wildman–Crippen LogP) is 2.73. The normalized spacial score (nSPS) is 10.7. The third kappa shape index (κ3) is 1.35. The summed E-state index contributed by atoms with van der Waals surface area (Å²) >= 11 is 5.63. The van der Waals surface area contributed by atoms with Crippen molar-refractivity contribution >= 4 is 22.5 Å². The third-order valence-corrected chi connectivity index (χ3v) is 2.00. The number of rotatable bonds is 0. The Morgan fingerprint density at radius 2 is 2.08 bits per heavy atom. The maximum Gasteiger partial charge on any atom is 0.223 e.